The Morgan fingerprint density at radius 1 is 0.900 bits per heavy atom. The molecule has 1 aromatic heterocycles. The van der Waals surface area contributed by atoms with E-state index < -0.39 is 0 Å². The second-order valence-corrected chi connectivity index (χ2v) is 7.92. The fourth-order valence-corrected chi connectivity index (χ4v) is 3.29. The summed E-state index contributed by atoms with van der Waals surface area (Å²) in [5.74, 6) is 0.951. The molecule has 0 aliphatic carbocycles. The highest BCUT2D eigenvalue weighted by atomic mass is 16.5. The van der Waals surface area contributed by atoms with Crippen molar-refractivity contribution in [2.24, 2.45) is 5.92 Å². The Morgan fingerprint density at radius 3 is 2.30 bits per heavy atom. The largest absolute Gasteiger partial charge is 0.491 e. The number of esters is 1. The van der Waals surface area contributed by atoms with E-state index in [4.69, 9.17) is 9.47 Å². The molecule has 0 bridgehead atoms. The standard InChI is InChI=1S/C26H37NO3/c1-4-6-7-8-9-10-11-14-19-29-25-20-27-18-17-23(25)22-15-12-13-16-24(22)30-26(28)21(3)5-2/h12-13,15-18,20-21H,4-11,14,19H2,1-3H3. The van der Waals surface area contributed by atoms with Crippen molar-refractivity contribution in [3.05, 3.63) is 42.7 Å². The third kappa shape index (κ3) is 7.81. The van der Waals surface area contributed by atoms with E-state index in [9.17, 15) is 4.79 Å². The minimum Gasteiger partial charge on any atom is -0.491 e. The van der Waals surface area contributed by atoms with Crippen LogP contribution < -0.4 is 9.47 Å². The summed E-state index contributed by atoms with van der Waals surface area (Å²) in [6.07, 6.45) is 14.4. The van der Waals surface area contributed by atoms with Gasteiger partial charge in [-0.25, -0.2) is 0 Å². The summed E-state index contributed by atoms with van der Waals surface area (Å²) in [6, 6.07) is 9.53. The number of pyridine rings is 1. The lowest BCUT2D eigenvalue weighted by Crippen LogP contribution is -2.17. The van der Waals surface area contributed by atoms with Crippen molar-refractivity contribution < 1.29 is 14.3 Å². The zero-order valence-corrected chi connectivity index (χ0v) is 18.9. The number of hydrogen-bond acceptors (Lipinski definition) is 4. The van der Waals surface area contributed by atoms with Crippen LogP contribution in [0.4, 0.5) is 0 Å². The van der Waals surface area contributed by atoms with Crippen LogP contribution >= 0.6 is 0 Å². The number of carbonyl (C=O) groups excluding carboxylic acids is 1. The van der Waals surface area contributed by atoms with Crippen LogP contribution in [0.25, 0.3) is 11.1 Å². The maximum absolute atomic E-state index is 12.3. The normalized spacial score (nSPS) is 11.8. The first-order valence-corrected chi connectivity index (χ1v) is 11.5. The number of para-hydroxylation sites is 1. The van der Waals surface area contributed by atoms with Gasteiger partial charge in [0.15, 0.2) is 0 Å². The Morgan fingerprint density at radius 2 is 1.57 bits per heavy atom. The molecule has 0 fully saturated rings. The molecule has 4 heteroatoms. The molecule has 4 nitrogen and oxygen atoms in total. The van der Waals surface area contributed by atoms with Gasteiger partial charge in [0.1, 0.15) is 11.5 Å². The number of rotatable bonds is 14. The molecule has 0 aliphatic rings. The molecule has 1 heterocycles. The van der Waals surface area contributed by atoms with Crippen LogP contribution in [-0.2, 0) is 4.79 Å². The second-order valence-electron chi connectivity index (χ2n) is 7.92. The van der Waals surface area contributed by atoms with Gasteiger partial charge in [-0.15, -0.1) is 0 Å². The Bertz CT molecular complexity index is 759. The average molecular weight is 412 g/mol. The molecule has 0 spiro atoms. The maximum Gasteiger partial charge on any atom is 0.314 e. The summed E-state index contributed by atoms with van der Waals surface area (Å²) in [6.45, 7) is 6.79. The Balaban J connectivity index is 1.95. The highest BCUT2D eigenvalue weighted by Crippen LogP contribution is 2.36. The molecule has 1 aromatic carbocycles. The summed E-state index contributed by atoms with van der Waals surface area (Å²) in [4.78, 5) is 16.5. The molecule has 30 heavy (non-hydrogen) atoms. The number of ether oxygens (including phenoxy) is 2. The number of unbranched alkanes of at least 4 members (excludes halogenated alkanes) is 7. The number of nitrogens with zero attached hydrogens (tertiary/aromatic N) is 1. The first-order valence-electron chi connectivity index (χ1n) is 11.5. The molecule has 0 radical (unpaired) electrons. The number of benzene rings is 1. The molecule has 2 aromatic rings. The SMILES string of the molecule is CCCCCCCCCCOc1cnccc1-c1ccccc1OC(=O)C(C)CC. The average Bonchev–Trinajstić information content (AvgIpc) is 2.78. The molecular weight excluding hydrogens is 374 g/mol. The van der Waals surface area contributed by atoms with E-state index in [-0.39, 0.29) is 11.9 Å². The van der Waals surface area contributed by atoms with Gasteiger partial charge in [-0.2, -0.15) is 0 Å². The fourth-order valence-electron chi connectivity index (χ4n) is 3.29. The predicted molar refractivity (Wildman–Crippen MR) is 123 cm³/mol. The molecule has 1 unspecified atom stereocenters. The molecule has 0 N–H and O–H groups in total. The molecule has 164 valence electrons. The predicted octanol–water partition coefficient (Wildman–Crippen LogP) is 7.22. The highest BCUT2D eigenvalue weighted by molar-refractivity contribution is 5.81. The highest BCUT2D eigenvalue weighted by Gasteiger charge is 2.17. The van der Waals surface area contributed by atoms with E-state index >= 15 is 0 Å². The van der Waals surface area contributed by atoms with Gasteiger partial charge in [0.2, 0.25) is 0 Å². The van der Waals surface area contributed by atoms with Crippen LogP contribution in [0.15, 0.2) is 42.7 Å². The minimum absolute atomic E-state index is 0.131. The number of hydrogen-bond donors (Lipinski definition) is 0. The van der Waals surface area contributed by atoms with Crippen molar-refractivity contribution in [1.82, 2.24) is 4.98 Å². The van der Waals surface area contributed by atoms with Crippen LogP contribution in [-0.4, -0.2) is 17.6 Å². The molecule has 2 rings (SSSR count). The van der Waals surface area contributed by atoms with Gasteiger partial charge in [-0.3, -0.25) is 9.78 Å². The summed E-state index contributed by atoms with van der Waals surface area (Å²) >= 11 is 0. The summed E-state index contributed by atoms with van der Waals surface area (Å²) < 4.78 is 11.8. The van der Waals surface area contributed by atoms with E-state index in [0.717, 1.165) is 29.7 Å². The Kier molecular flexibility index (Phi) is 11.0. The van der Waals surface area contributed by atoms with Crippen LogP contribution in [0.1, 0.15) is 78.6 Å². The maximum atomic E-state index is 12.3. The third-order valence-corrected chi connectivity index (χ3v) is 5.44. The van der Waals surface area contributed by atoms with Gasteiger partial charge in [-0.05, 0) is 25.0 Å². The zero-order chi connectivity index (χ0) is 21.6. The van der Waals surface area contributed by atoms with Gasteiger partial charge < -0.3 is 9.47 Å². The van der Waals surface area contributed by atoms with E-state index in [1.54, 1.807) is 12.4 Å². The van der Waals surface area contributed by atoms with Crippen LogP contribution in [0.5, 0.6) is 11.5 Å². The quantitative estimate of drug-likeness (QED) is 0.187. The van der Waals surface area contributed by atoms with Gasteiger partial charge in [0.25, 0.3) is 0 Å². The van der Waals surface area contributed by atoms with Gasteiger partial charge in [0.05, 0.1) is 18.7 Å². The van der Waals surface area contributed by atoms with Crippen molar-refractivity contribution in [2.75, 3.05) is 6.61 Å². The molecular formula is C26H37NO3. The summed E-state index contributed by atoms with van der Waals surface area (Å²) in [5.41, 5.74) is 1.75. The molecule has 0 aliphatic heterocycles. The van der Waals surface area contributed by atoms with Gasteiger partial charge in [-0.1, -0.05) is 83.9 Å². The van der Waals surface area contributed by atoms with Gasteiger partial charge in [0, 0.05) is 17.3 Å². The minimum atomic E-state index is -0.208. The Hall–Kier alpha value is -2.36. The van der Waals surface area contributed by atoms with Crippen molar-refractivity contribution in [3.8, 4) is 22.6 Å². The topological polar surface area (TPSA) is 48.4 Å². The van der Waals surface area contributed by atoms with Crippen molar-refractivity contribution >= 4 is 5.97 Å². The summed E-state index contributed by atoms with van der Waals surface area (Å²) in [5, 5.41) is 0. The lowest BCUT2D eigenvalue weighted by molar-refractivity contribution is -0.138. The first-order chi connectivity index (χ1) is 14.7. The van der Waals surface area contributed by atoms with Gasteiger partial charge >= 0.3 is 5.97 Å². The van der Waals surface area contributed by atoms with E-state index in [1.165, 1.54) is 44.9 Å². The summed E-state index contributed by atoms with van der Waals surface area (Å²) in [7, 11) is 0. The fraction of sp³-hybridized carbons (Fsp3) is 0.538. The molecule has 0 amide bonds. The lowest BCUT2D eigenvalue weighted by atomic mass is 10.0. The number of carbonyl (C=O) groups is 1. The van der Waals surface area contributed by atoms with Crippen molar-refractivity contribution in [1.29, 1.82) is 0 Å². The Labute approximate surface area is 182 Å². The molecule has 0 saturated carbocycles. The van der Waals surface area contributed by atoms with Crippen molar-refractivity contribution in [2.45, 2.75) is 78.6 Å². The van der Waals surface area contributed by atoms with Crippen molar-refractivity contribution in [3.63, 3.8) is 0 Å². The lowest BCUT2D eigenvalue weighted by Gasteiger charge is -2.15. The second kappa shape index (κ2) is 13.8. The van der Waals surface area contributed by atoms with Crippen LogP contribution in [0.3, 0.4) is 0 Å². The first kappa shape index (κ1) is 23.9. The van der Waals surface area contributed by atoms with E-state index in [0.29, 0.717) is 12.4 Å². The van der Waals surface area contributed by atoms with Crippen LogP contribution in [0.2, 0.25) is 0 Å². The molecule has 0 saturated heterocycles. The van der Waals surface area contributed by atoms with E-state index in [1.807, 2.05) is 44.2 Å². The number of aromatic nitrogens is 1. The smallest absolute Gasteiger partial charge is 0.314 e. The van der Waals surface area contributed by atoms with Crippen LogP contribution in [0, 0.1) is 5.92 Å². The van der Waals surface area contributed by atoms with E-state index in [2.05, 4.69) is 11.9 Å². The molecule has 1 atom stereocenters. The third-order valence-electron chi connectivity index (χ3n) is 5.44. The zero-order valence-electron chi connectivity index (χ0n) is 18.9. The monoisotopic (exact) mass is 411 g/mol.